The topological polar surface area (TPSA) is 87.1 Å². The summed E-state index contributed by atoms with van der Waals surface area (Å²) in [5.74, 6) is -2.59. The zero-order chi connectivity index (χ0) is 23.4. The van der Waals surface area contributed by atoms with Crippen LogP contribution in [0.5, 0.6) is 17.2 Å². The van der Waals surface area contributed by atoms with E-state index in [0.29, 0.717) is 25.8 Å². The SMILES string of the molecule is O=C(O)Cc1cc(Br)c(Oc2ccc(O)c(C(=O)N(F)Cc3ccc(F)cc3)c2)c(Br)c1. The van der Waals surface area contributed by atoms with E-state index < -0.39 is 30.0 Å². The number of rotatable bonds is 7. The average molecular weight is 571 g/mol. The lowest BCUT2D eigenvalue weighted by molar-refractivity contribution is -0.136. The third kappa shape index (κ3) is 5.83. The van der Waals surface area contributed by atoms with Gasteiger partial charge in [-0.1, -0.05) is 16.6 Å². The minimum absolute atomic E-state index is 0.0986. The van der Waals surface area contributed by atoms with Crippen molar-refractivity contribution in [3.8, 4) is 17.2 Å². The number of amides is 1. The number of halogens is 4. The van der Waals surface area contributed by atoms with Crippen molar-refractivity contribution < 1.29 is 33.4 Å². The first-order valence-corrected chi connectivity index (χ1v) is 10.7. The predicted molar refractivity (Wildman–Crippen MR) is 119 cm³/mol. The van der Waals surface area contributed by atoms with Crippen molar-refractivity contribution in [2.75, 3.05) is 0 Å². The number of carboxylic acids is 1. The van der Waals surface area contributed by atoms with Crippen LogP contribution in [0.15, 0.2) is 63.5 Å². The molecule has 0 bridgehead atoms. The van der Waals surface area contributed by atoms with Gasteiger partial charge in [-0.25, -0.2) is 4.39 Å². The first-order valence-electron chi connectivity index (χ1n) is 9.06. The van der Waals surface area contributed by atoms with Gasteiger partial charge in [0.15, 0.2) is 5.75 Å². The van der Waals surface area contributed by atoms with Crippen LogP contribution < -0.4 is 4.74 Å². The number of aliphatic carboxylic acids is 1. The summed E-state index contributed by atoms with van der Waals surface area (Å²) >= 11 is 6.63. The monoisotopic (exact) mass is 569 g/mol. The molecular formula is C22H15Br2F2NO5. The fourth-order valence-corrected chi connectivity index (χ4v) is 4.25. The minimum atomic E-state index is -1.10. The van der Waals surface area contributed by atoms with Gasteiger partial charge < -0.3 is 14.9 Å². The number of carboxylic acid groups (broad SMARTS) is 1. The lowest BCUT2D eigenvalue weighted by Gasteiger charge is -2.15. The highest BCUT2D eigenvalue weighted by Gasteiger charge is 2.21. The molecule has 0 radical (unpaired) electrons. The summed E-state index contributed by atoms with van der Waals surface area (Å²) < 4.78 is 34.1. The molecule has 0 aliphatic carbocycles. The van der Waals surface area contributed by atoms with Crippen LogP contribution in [0.4, 0.5) is 8.87 Å². The highest BCUT2D eigenvalue weighted by atomic mass is 79.9. The number of carbonyl (C=O) groups is 2. The summed E-state index contributed by atoms with van der Waals surface area (Å²) in [6, 6.07) is 11.9. The van der Waals surface area contributed by atoms with E-state index >= 15 is 0 Å². The van der Waals surface area contributed by atoms with Gasteiger partial charge in [-0.15, -0.1) is 0 Å². The van der Waals surface area contributed by atoms with E-state index in [2.05, 4.69) is 31.9 Å². The fourth-order valence-electron chi connectivity index (χ4n) is 2.81. The Morgan fingerprint density at radius 2 is 1.59 bits per heavy atom. The van der Waals surface area contributed by atoms with Crippen molar-refractivity contribution in [2.24, 2.45) is 0 Å². The summed E-state index contributed by atoms with van der Waals surface area (Å²) in [6.07, 6.45) is -0.185. The summed E-state index contributed by atoms with van der Waals surface area (Å²) in [4.78, 5) is 23.4. The molecule has 0 spiro atoms. The molecule has 166 valence electrons. The number of benzene rings is 3. The number of phenols is 1. The molecule has 0 atom stereocenters. The standard InChI is InChI=1S/C22H15Br2F2NO5/c23-17-7-13(9-20(29)30)8-18(24)21(17)32-15-5-6-19(28)16(10-15)22(31)27(26)11-12-1-3-14(25)4-2-12/h1-8,10,28H,9,11H2,(H,29,30). The number of carbonyl (C=O) groups excluding carboxylic acids is 1. The average Bonchev–Trinajstić information content (AvgIpc) is 2.72. The number of hydrogen-bond donors (Lipinski definition) is 2. The maximum Gasteiger partial charge on any atom is 0.307 e. The predicted octanol–water partition coefficient (Wildman–Crippen LogP) is 6.00. The van der Waals surface area contributed by atoms with Crippen LogP contribution in [0.1, 0.15) is 21.5 Å². The van der Waals surface area contributed by atoms with Gasteiger partial charge in [0.25, 0.3) is 5.91 Å². The molecule has 3 aromatic carbocycles. The third-order valence-corrected chi connectivity index (χ3v) is 5.46. The molecule has 32 heavy (non-hydrogen) atoms. The van der Waals surface area contributed by atoms with Crippen molar-refractivity contribution in [1.82, 2.24) is 5.12 Å². The normalized spacial score (nSPS) is 10.6. The molecule has 0 fully saturated rings. The van der Waals surface area contributed by atoms with Gasteiger partial charge in [0.1, 0.15) is 17.3 Å². The van der Waals surface area contributed by atoms with Crippen molar-refractivity contribution in [3.05, 3.63) is 86.1 Å². The largest absolute Gasteiger partial charge is 0.507 e. The number of nitrogens with zero attached hydrogens (tertiary/aromatic N) is 1. The van der Waals surface area contributed by atoms with Crippen molar-refractivity contribution in [2.45, 2.75) is 13.0 Å². The molecule has 0 saturated carbocycles. The zero-order valence-corrected chi connectivity index (χ0v) is 19.4. The van der Waals surface area contributed by atoms with Gasteiger partial charge in [-0.3, -0.25) is 9.59 Å². The van der Waals surface area contributed by atoms with Crippen molar-refractivity contribution >= 4 is 43.7 Å². The molecule has 3 aromatic rings. The van der Waals surface area contributed by atoms with E-state index in [1.165, 1.54) is 30.3 Å². The van der Waals surface area contributed by atoms with Crippen LogP contribution >= 0.6 is 31.9 Å². The van der Waals surface area contributed by atoms with E-state index in [1.807, 2.05) is 0 Å². The van der Waals surface area contributed by atoms with Gasteiger partial charge in [0, 0.05) is 0 Å². The van der Waals surface area contributed by atoms with Crippen LogP contribution in [0.2, 0.25) is 0 Å². The van der Waals surface area contributed by atoms with E-state index in [0.717, 1.165) is 12.1 Å². The first kappa shape index (κ1) is 23.7. The van der Waals surface area contributed by atoms with Crippen LogP contribution in [0, 0.1) is 5.82 Å². The smallest absolute Gasteiger partial charge is 0.307 e. The van der Waals surface area contributed by atoms with Gasteiger partial charge in [-0.2, -0.15) is 5.12 Å². The molecule has 0 heterocycles. The second kappa shape index (κ2) is 10.1. The van der Waals surface area contributed by atoms with Crippen LogP contribution in [-0.4, -0.2) is 27.2 Å². The molecule has 0 aliphatic rings. The molecule has 6 nitrogen and oxygen atoms in total. The summed E-state index contributed by atoms with van der Waals surface area (Å²) in [5, 5.41) is 18.9. The number of phenolic OH excluding ortho intramolecular Hbond substituents is 1. The highest BCUT2D eigenvalue weighted by Crippen LogP contribution is 2.39. The van der Waals surface area contributed by atoms with E-state index in [1.54, 1.807) is 12.1 Å². The number of ether oxygens (including phenoxy) is 1. The van der Waals surface area contributed by atoms with E-state index in [9.17, 15) is 23.6 Å². The Labute approximate surface area is 198 Å². The molecule has 0 saturated heterocycles. The quantitative estimate of drug-likeness (QED) is 0.340. The fraction of sp³-hybridized carbons (Fsp3) is 0.0909. The van der Waals surface area contributed by atoms with Gasteiger partial charge >= 0.3 is 5.97 Å². The maximum absolute atomic E-state index is 14.5. The molecule has 0 unspecified atom stereocenters. The van der Waals surface area contributed by atoms with Gasteiger partial charge in [-0.05, 0) is 85.5 Å². The van der Waals surface area contributed by atoms with Crippen LogP contribution in [0.3, 0.4) is 0 Å². The summed E-state index contributed by atoms with van der Waals surface area (Å²) in [6.45, 7) is -0.439. The molecule has 0 aromatic heterocycles. The molecule has 1 amide bonds. The Morgan fingerprint density at radius 1 is 0.969 bits per heavy atom. The number of aromatic hydroxyl groups is 1. The Kier molecular flexibility index (Phi) is 7.47. The second-order valence-corrected chi connectivity index (χ2v) is 8.40. The Bertz CT molecular complexity index is 1150. The van der Waals surface area contributed by atoms with Crippen molar-refractivity contribution in [1.29, 1.82) is 0 Å². The first-order chi connectivity index (χ1) is 15.1. The highest BCUT2D eigenvalue weighted by molar-refractivity contribution is 9.11. The van der Waals surface area contributed by atoms with Crippen LogP contribution in [-0.2, 0) is 17.8 Å². The van der Waals surface area contributed by atoms with Gasteiger partial charge in [0.2, 0.25) is 0 Å². The van der Waals surface area contributed by atoms with E-state index in [-0.39, 0.29) is 22.9 Å². The zero-order valence-electron chi connectivity index (χ0n) is 16.2. The maximum atomic E-state index is 14.5. The van der Waals surface area contributed by atoms with Crippen molar-refractivity contribution in [3.63, 3.8) is 0 Å². The lowest BCUT2D eigenvalue weighted by Crippen LogP contribution is -2.22. The molecule has 3 rings (SSSR count). The second-order valence-electron chi connectivity index (χ2n) is 6.69. The molecule has 10 heteroatoms. The summed E-state index contributed by atoms with van der Waals surface area (Å²) in [5.41, 5.74) is 0.560. The van der Waals surface area contributed by atoms with Gasteiger partial charge in [0.05, 0.1) is 27.5 Å². The lowest BCUT2D eigenvalue weighted by atomic mass is 10.1. The Hall–Kier alpha value is -2.98. The molecule has 2 N–H and O–H groups in total. The molecule has 0 aliphatic heterocycles. The van der Waals surface area contributed by atoms with E-state index in [4.69, 9.17) is 9.84 Å². The third-order valence-electron chi connectivity index (χ3n) is 4.29. The Balaban J connectivity index is 1.82. The van der Waals surface area contributed by atoms with Crippen LogP contribution in [0.25, 0.3) is 0 Å². The Morgan fingerprint density at radius 3 is 2.19 bits per heavy atom. The molecular weight excluding hydrogens is 556 g/mol. The number of hydrogen-bond acceptors (Lipinski definition) is 4. The summed E-state index contributed by atoms with van der Waals surface area (Å²) in [7, 11) is 0. The minimum Gasteiger partial charge on any atom is -0.507 e.